The number of allylic oxidation sites excluding steroid dienone is 2. The molecule has 1 aromatic carbocycles. The summed E-state index contributed by atoms with van der Waals surface area (Å²) in [7, 11) is 2.92. The highest BCUT2D eigenvalue weighted by atomic mass is 28.2. The SMILES string of the molecule is Fc1cc(F)c(C2CC=C(O[Si])CC2)cc1F. The summed E-state index contributed by atoms with van der Waals surface area (Å²) in [5.74, 6) is -2.20. The molecule has 0 saturated carbocycles. The largest absolute Gasteiger partial charge is 0.544 e. The first-order chi connectivity index (χ1) is 8.11. The average molecular weight is 255 g/mol. The molecule has 1 aliphatic rings. The standard InChI is InChI=1S/C12H10F3OSi/c13-10-6-12(15)11(14)5-9(10)7-1-3-8(16-17)4-2-7/h3,5-7H,1-2,4H2. The van der Waals surface area contributed by atoms with Crippen LogP contribution in [0.4, 0.5) is 13.2 Å². The lowest BCUT2D eigenvalue weighted by molar-refractivity contribution is 0.398. The van der Waals surface area contributed by atoms with Crippen LogP contribution in [0.15, 0.2) is 24.0 Å². The lowest BCUT2D eigenvalue weighted by Crippen LogP contribution is -2.08. The van der Waals surface area contributed by atoms with Crippen LogP contribution in [0.3, 0.4) is 0 Å². The second-order valence-electron chi connectivity index (χ2n) is 4.03. The number of hydrogen-bond acceptors (Lipinski definition) is 1. The fourth-order valence-electron chi connectivity index (χ4n) is 2.04. The first-order valence-corrected chi connectivity index (χ1v) is 5.69. The highest BCUT2D eigenvalue weighted by molar-refractivity contribution is 5.98. The molecule has 0 spiro atoms. The van der Waals surface area contributed by atoms with Crippen molar-refractivity contribution >= 4 is 10.5 Å². The molecule has 1 aromatic rings. The molecule has 89 valence electrons. The lowest BCUT2D eigenvalue weighted by atomic mass is 9.86. The summed E-state index contributed by atoms with van der Waals surface area (Å²) in [5, 5.41) is 0. The summed E-state index contributed by atoms with van der Waals surface area (Å²) in [6.45, 7) is 0. The Balaban J connectivity index is 2.24. The third-order valence-electron chi connectivity index (χ3n) is 2.98. The van der Waals surface area contributed by atoms with E-state index in [9.17, 15) is 13.2 Å². The van der Waals surface area contributed by atoms with Crippen LogP contribution in [-0.4, -0.2) is 10.5 Å². The average Bonchev–Trinajstić information content (AvgIpc) is 2.34. The summed E-state index contributed by atoms with van der Waals surface area (Å²) >= 11 is 0. The normalized spacial score (nSPS) is 20.0. The van der Waals surface area contributed by atoms with Gasteiger partial charge >= 0.3 is 10.5 Å². The van der Waals surface area contributed by atoms with E-state index >= 15 is 0 Å². The highest BCUT2D eigenvalue weighted by Gasteiger charge is 2.21. The van der Waals surface area contributed by atoms with Crippen LogP contribution >= 0.6 is 0 Å². The fourth-order valence-corrected chi connectivity index (χ4v) is 2.22. The van der Waals surface area contributed by atoms with E-state index in [0.29, 0.717) is 25.3 Å². The van der Waals surface area contributed by atoms with Crippen molar-refractivity contribution < 1.29 is 17.6 Å². The Morgan fingerprint density at radius 1 is 1.12 bits per heavy atom. The van der Waals surface area contributed by atoms with Crippen molar-refractivity contribution in [3.05, 3.63) is 47.0 Å². The third-order valence-corrected chi connectivity index (χ3v) is 3.24. The molecule has 2 rings (SSSR count). The Morgan fingerprint density at radius 2 is 1.82 bits per heavy atom. The maximum absolute atomic E-state index is 13.5. The number of rotatable bonds is 2. The van der Waals surface area contributed by atoms with Crippen molar-refractivity contribution in [3.8, 4) is 0 Å². The molecule has 0 heterocycles. The van der Waals surface area contributed by atoms with Gasteiger partial charge < -0.3 is 4.43 Å². The first-order valence-electron chi connectivity index (χ1n) is 5.29. The maximum atomic E-state index is 13.5. The van der Waals surface area contributed by atoms with Gasteiger partial charge in [0.15, 0.2) is 11.6 Å². The minimum Gasteiger partial charge on any atom is -0.544 e. The molecule has 0 N–H and O–H groups in total. The topological polar surface area (TPSA) is 9.23 Å². The monoisotopic (exact) mass is 255 g/mol. The Kier molecular flexibility index (Phi) is 3.56. The quantitative estimate of drug-likeness (QED) is 0.581. The zero-order valence-corrected chi connectivity index (χ0v) is 9.97. The van der Waals surface area contributed by atoms with Crippen molar-refractivity contribution in [1.29, 1.82) is 0 Å². The molecule has 0 bridgehead atoms. The van der Waals surface area contributed by atoms with Gasteiger partial charge in [0.1, 0.15) is 5.82 Å². The summed E-state index contributed by atoms with van der Waals surface area (Å²) in [6, 6.07) is 1.55. The molecule has 17 heavy (non-hydrogen) atoms. The van der Waals surface area contributed by atoms with Gasteiger partial charge in [-0.2, -0.15) is 0 Å². The van der Waals surface area contributed by atoms with Gasteiger partial charge in [0.2, 0.25) is 0 Å². The van der Waals surface area contributed by atoms with E-state index in [0.717, 1.165) is 11.8 Å². The minimum atomic E-state index is -1.15. The Labute approximate surface area is 101 Å². The van der Waals surface area contributed by atoms with Crippen molar-refractivity contribution in [2.24, 2.45) is 0 Å². The highest BCUT2D eigenvalue weighted by Crippen LogP contribution is 2.34. The molecule has 0 aliphatic heterocycles. The van der Waals surface area contributed by atoms with Gasteiger partial charge in [0.25, 0.3) is 0 Å². The van der Waals surface area contributed by atoms with Crippen molar-refractivity contribution in [1.82, 2.24) is 0 Å². The van der Waals surface area contributed by atoms with Gasteiger partial charge in [-0.3, -0.25) is 0 Å². The van der Waals surface area contributed by atoms with Gasteiger partial charge in [0.05, 0.1) is 5.76 Å². The summed E-state index contributed by atoms with van der Waals surface area (Å²) < 4.78 is 44.3. The van der Waals surface area contributed by atoms with E-state index in [1.807, 2.05) is 6.08 Å². The van der Waals surface area contributed by atoms with Gasteiger partial charge in [-0.15, -0.1) is 0 Å². The maximum Gasteiger partial charge on any atom is 0.340 e. The van der Waals surface area contributed by atoms with Crippen molar-refractivity contribution in [2.45, 2.75) is 25.2 Å². The van der Waals surface area contributed by atoms with Gasteiger partial charge in [-0.1, -0.05) is 0 Å². The van der Waals surface area contributed by atoms with E-state index in [-0.39, 0.29) is 11.5 Å². The third kappa shape index (κ3) is 2.54. The molecule has 5 heteroatoms. The van der Waals surface area contributed by atoms with Crippen molar-refractivity contribution in [3.63, 3.8) is 0 Å². The van der Waals surface area contributed by atoms with E-state index in [1.165, 1.54) is 0 Å². The van der Waals surface area contributed by atoms with Crippen molar-refractivity contribution in [2.75, 3.05) is 0 Å². The van der Waals surface area contributed by atoms with Crippen LogP contribution in [-0.2, 0) is 4.43 Å². The Bertz CT molecular complexity index is 459. The number of benzene rings is 1. The van der Waals surface area contributed by atoms with E-state index in [2.05, 4.69) is 10.5 Å². The van der Waals surface area contributed by atoms with Gasteiger partial charge in [-0.25, -0.2) is 13.2 Å². The predicted octanol–water partition coefficient (Wildman–Crippen LogP) is 3.36. The van der Waals surface area contributed by atoms with Crippen LogP contribution in [0.2, 0.25) is 0 Å². The Hall–Kier alpha value is -1.23. The molecule has 3 radical (unpaired) electrons. The van der Waals surface area contributed by atoms with Crippen LogP contribution in [0, 0.1) is 17.5 Å². The molecule has 1 atom stereocenters. The van der Waals surface area contributed by atoms with Gasteiger partial charge in [0, 0.05) is 12.5 Å². The van der Waals surface area contributed by atoms with E-state index in [4.69, 9.17) is 4.43 Å². The summed E-state index contributed by atoms with van der Waals surface area (Å²) in [6.07, 6.45) is 3.68. The van der Waals surface area contributed by atoms with Crippen LogP contribution in [0.1, 0.15) is 30.7 Å². The number of hydrogen-bond donors (Lipinski definition) is 0. The first kappa shape index (κ1) is 12.2. The molecule has 0 aromatic heterocycles. The smallest absolute Gasteiger partial charge is 0.340 e. The molecule has 0 amide bonds. The Morgan fingerprint density at radius 3 is 2.41 bits per heavy atom. The zero-order chi connectivity index (χ0) is 12.4. The zero-order valence-electron chi connectivity index (χ0n) is 8.97. The molecule has 0 fully saturated rings. The number of halogens is 3. The van der Waals surface area contributed by atoms with E-state index < -0.39 is 17.5 Å². The van der Waals surface area contributed by atoms with Crippen LogP contribution in [0.5, 0.6) is 0 Å². The van der Waals surface area contributed by atoms with E-state index in [1.54, 1.807) is 0 Å². The predicted molar refractivity (Wildman–Crippen MR) is 57.8 cm³/mol. The molecule has 0 saturated heterocycles. The lowest BCUT2D eigenvalue weighted by Gasteiger charge is -2.22. The second kappa shape index (κ2) is 4.95. The van der Waals surface area contributed by atoms with Crippen LogP contribution < -0.4 is 0 Å². The summed E-state index contributed by atoms with van der Waals surface area (Å²) in [4.78, 5) is 0. The molecular weight excluding hydrogens is 245 g/mol. The fraction of sp³-hybridized carbons (Fsp3) is 0.333. The second-order valence-corrected chi connectivity index (χ2v) is 4.24. The summed E-state index contributed by atoms with van der Waals surface area (Å²) in [5.41, 5.74) is 0.230. The molecule has 1 unspecified atom stereocenters. The molecule has 1 nitrogen and oxygen atoms in total. The molecular formula is C12H10F3OSi. The van der Waals surface area contributed by atoms with Gasteiger partial charge in [-0.05, 0) is 36.5 Å². The molecule has 1 aliphatic carbocycles. The van der Waals surface area contributed by atoms with Crippen LogP contribution in [0.25, 0.3) is 0 Å². The minimum absolute atomic E-state index is 0.129.